The molecule has 0 saturated carbocycles. The predicted octanol–water partition coefficient (Wildman–Crippen LogP) is 5.31. The van der Waals surface area contributed by atoms with Crippen molar-refractivity contribution in [2.45, 2.75) is 6.61 Å². The third kappa shape index (κ3) is 6.06. The highest BCUT2D eigenvalue weighted by Crippen LogP contribution is 2.35. The quantitative estimate of drug-likeness (QED) is 0.183. The Bertz CT molecular complexity index is 1390. The summed E-state index contributed by atoms with van der Waals surface area (Å²) in [7, 11) is 3.00. The Morgan fingerprint density at radius 2 is 1.58 bits per heavy atom. The van der Waals surface area contributed by atoms with Gasteiger partial charge in [-0.2, -0.15) is 0 Å². The zero-order valence-electron chi connectivity index (χ0n) is 20.6. The van der Waals surface area contributed by atoms with E-state index in [9.17, 15) is 19.7 Å². The second kappa shape index (κ2) is 12.2. The van der Waals surface area contributed by atoms with E-state index in [0.29, 0.717) is 34.1 Å². The lowest BCUT2D eigenvalue weighted by molar-refractivity contribution is -0.385. The molecule has 1 fully saturated rings. The lowest BCUT2D eigenvalue weighted by Crippen LogP contribution is -2.32. The van der Waals surface area contributed by atoms with Crippen molar-refractivity contribution in [3.8, 4) is 23.0 Å². The standard InChI is InChI=1S/C27H24N2O8S/c1-34-21-9-5-6-10-22(21)36-14-13-28-26(30)25(38-27(28)31)16-18-11-12-23(24(15-18)35-2)37-17-19-7-3-4-8-20(19)29(32)33/h3-12,15-16H,13-14,17H2,1-2H3/b25-16-. The van der Waals surface area contributed by atoms with E-state index in [4.69, 9.17) is 18.9 Å². The molecule has 2 amide bonds. The van der Waals surface area contributed by atoms with Crippen molar-refractivity contribution < 1.29 is 33.5 Å². The van der Waals surface area contributed by atoms with Crippen LogP contribution in [0, 0.1) is 10.1 Å². The largest absolute Gasteiger partial charge is 0.493 e. The minimum atomic E-state index is -0.462. The van der Waals surface area contributed by atoms with Gasteiger partial charge in [0.05, 0.1) is 36.2 Å². The minimum Gasteiger partial charge on any atom is -0.493 e. The maximum absolute atomic E-state index is 12.9. The SMILES string of the molecule is COc1ccccc1OCCN1C(=O)S/C(=C\c2ccc(OCc3ccccc3[N+](=O)[O-])c(OC)c2)C1=O. The van der Waals surface area contributed by atoms with Gasteiger partial charge in [0, 0.05) is 6.07 Å². The van der Waals surface area contributed by atoms with Crippen LogP contribution in [0.15, 0.2) is 71.6 Å². The molecule has 1 heterocycles. The summed E-state index contributed by atoms with van der Waals surface area (Å²) < 4.78 is 22.1. The first-order valence-electron chi connectivity index (χ1n) is 11.5. The highest BCUT2D eigenvalue weighted by molar-refractivity contribution is 8.18. The van der Waals surface area contributed by atoms with Gasteiger partial charge in [-0.3, -0.25) is 24.6 Å². The van der Waals surface area contributed by atoms with Crippen molar-refractivity contribution in [1.29, 1.82) is 0 Å². The van der Waals surface area contributed by atoms with Gasteiger partial charge in [0.15, 0.2) is 23.0 Å². The molecule has 0 N–H and O–H groups in total. The Balaban J connectivity index is 1.41. The second-order valence-electron chi connectivity index (χ2n) is 7.92. The summed E-state index contributed by atoms with van der Waals surface area (Å²) >= 11 is 0.842. The van der Waals surface area contributed by atoms with E-state index in [-0.39, 0.29) is 35.6 Å². The number of hydrogen-bond donors (Lipinski definition) is 0. The van der Waals surface area contributed by atoms with E-state index in [0.717, 1.165) is 16.7 Å². The lowest BCUT2D eigenvalue weighted by atomic mass is 10.1. The zero-order valence-corrected chi connectivity index (χ0v) is 21.4. The molecular weight excluding hydrogens is 512 g/mol. The molecule has 3 aromatic carbocycles. The second-order valence-corrected chi connectivity index (χ2v) is 8.91. The summed E-state index contributed by atoms with van der Waals surface area (Å²) in [5, 5.41) is 10.8. The highest BCUT2D eigenvalue weighted by Gasteiger charge is 2.35. The Morgan fingerprint density at radius 1 is 0.895 bits per heavy atom. The summed E-state index contributed by atoms with van der Waals surface area (Å²) in [5.74, 6) is 1.42. The lowest BCUT2D eigenvalue weighted by Gasteiger charge is -2.14. The van der Waals surface area contributed by atoms with E-state index in [2.05, 4.69) is 0 Å². The van der Waals surface area contributed by atoms with E-state index in [1.165, 1.54) is 20.3 Å². The Labute approximate surface area is 222 Å². The van der Waals surface area contributed by atoms with Crippen molar-refractivity contribution >= 4 is 34.7 Å². The normalized spacial score (nSPS) is 14.1. The topological polar surface area (TPSA) is 117 Å². The number of hydrogen-bond acceptors (Lipinski definition) is 9. The molecule has 0 aliphatic carbocycles. The van der Waals surface area contributed by atoms with Crippen LogP contribution in [0.1, 0.15) is 11.1 Å². The number of thioether (sulfide) groups is 1. The number of ether oxygens (including phenoxy) is 4. The maximum Gasteiger partial charge on any atom is 0.293 e. The summed E-state index contributed by atoms with van der Waals surface area (Å²) in [5.41, 5.74) is 1.01. The first kappa shape index (κ1) is 26.6. The highest BCUT2D eigenvalue weighted by atomic mass is 32.2. The van der Waals surface area contributed by atoms with Gasteiger partial charge in [-0.1, -0.05) is 30.3 Å². The molecule has 1 aliphatic heterocycles. The van der Waals surface area contributed by atoms with Crippen LogP contribution in [0.4, 0.5) is 10.5 Å². The number of benzene rings is 3. The van der Waals surface area contributed by atoms with E-state index in [1.807, 2.05) is 6.07 Å². The fourth-order valence-corrected chi connectivity index (χ4v) is 4.55. The molecule has 1 saturated heterocycles. The predicted molar refractivity (Wildman–Crippen MR) is 142 cm³/mol. The van der Waals surface area contributed by atoms with E-state index < -0.39 is 10.8 Å². The van der Waals surface area contributed by atoms with Crippen molar-refractivity contribution in [2.24, 2.45) is 0 Å². The van der Waals surface area contributed by atoms with Gasteiger partial charge >= 0.3 is 0 Å². The molecule has 196 valence electrons. The maximum atomic E-state index is 12.9. The van der Waals surface area contributed by atoms with Crippen molar-refractivity contribution in [2.75, 3.05) is 27.4 Å². The number of rotatable bonds is 11. The molecule has 10 nitrogen and oxygen atoms in total. The smallest absolute Gasteiger partial charge is 0.293 e. The molecule has 0 bridgehead atoms. The van der Waals surface area contributed by atoms with Gasteiger partial charge in [-0.25, -0.2) is 0 Å². The number of nitrogens with zero attached hydrogens (tertiary/aromatic N) is 2. The molecule has 11 heteroatoms. The van der Waals surface area contributed by atoms with Gasteiger partial charge in [0.25, 0.3) is 16.8 Å². The van der Waals surface area contributed by atoms with Crippen molar-refractivity contribution in [3.63, 3.8) is 0 Å². The third-order valence-electron chi connectivity index (χ3n) is 5.57. The number of carbonyl (C=O) groups excluding carboxylic acids is 2. The first-order valence-corrected chi connectivity index (χ1v) is 12.3. The van der Waals surface area contributed by atoms with Gasteiger partial charge in [0.1, 0.15) is 13.2 Å². The Kier molecular flexibility index (Phi) is 8.49. The molecule has 1 aliphatic rings. The number of methoxy groups -OCH3 is 2. The van der Waals surface area contributed by atoms with E-state index >= 15 is 0 Å². The molecule has 0 radical (unpaired) electrons. The number of para-hydroxylation sites is 3. The monoisotopic (exact) mass is 536 g/mol. The average molecular weight is 537 g/mol. The van der Waals surface area contributed by atoms with Gasteiger partial charge in [0.2, 0.25) is 0 Å². The van der Waals surface area contributed by atoms with Crippen LogP contribution in [0.25, 0.3) is 6.08 Å². The Hall–Kier alpha value is -4.51. The van der Waals surface area contributed by atoms with E-state index in [1.54, 1.807) is 60.7 Å². The van der Waals surface area contributed by atoms with Crippen LogP contribution in [-0.2, 0) is 11.4 Å². The molecule has 3 aromatic rings. The van der Waals surface area contributed by atoms with Crippen LogP contribution < -0.4 is 18.9 Å². The molecule has 38 heavy (non-hydrogen) atoms. The van der Waals surface area contributed by atoms with Gasteiger partial charge in [-0.15, -0.1) is 0 Å². The summed E-state index contributed by atoms with van der Waals surface area (Å²) in [6.07, 6.45) is 1.60. The van der Waals surface area contributed by atoms with Crippen LogP contribution in [-0.4, -0.2) is 48.3 Å². The van der Waals surface area contributed by atoms with Crippen LogP contribution in [0.2, 0.25) is 0 Å². The molecule has 0 atom stereocenters. The summed E-state index contributed by atoms with van der Waals surface area (Å²) in [6.45, 7) is 0.176. The van der Waals surface area contributed by atoms with Crippen LogP contribution >= 0.6 is 11.8 Å². The van der Waals surface area contributed by atoms with Gasteiger partial charge in [-0.05, 0) is 53.7 Å². The molecule has 0 unspecified atom stereocenters. The number of nitro groups is 1. The first-order chi connectivity index (χ1) is 18.4. The summed E-state index contributed by atoms with van der Waals surface area (Å²) in [6, 6.07) is 18.5. The van der Waals surface area contributed by atoms with Gasteiger partial charge < -0.3 is 18.9 Å². The fraction of sp³-hybridized carbons (Fsp3) is 0.185. The molecule has 0 spiro atoms. The number of carbonyl (C=O) groups is 2. The Morgan fingerprint density at radius 3 is 2.32 bits per heavy atom. The van der Waals surface area contributed by atoms with Crippen LogP contribution in [0.3, 0.4) is 0 Å². The third-order valence-corrected chi connectivity index (χ3v) is 6.48. The molecule has 0 aromatic heterocycles. The fourth-order valence-electron chi connectivity index (χ4n) is 3.69. The van der Waals surface area contributed by atoms with Crippen LogP contribution in [0.5, 0.6) is 23.0 Å². The number of nitro benzene ring substituents is 1. The summed E-state index contributed by atoms with van der Waals surface area (Å²) in [4.78, 5) is 37.5. The molecule has 4 rings (SSSR count). The average Bonchev–Trinajstić information content (AvgIpc) is 3.19. The minimum absolute atomic E-state index is 0.0251. The number of amides is 2. The zero-order chi connectivity index (χ0) is 27.1. The molecular formula is C27H24N2O8S. The number of imide groups is 1. The van der Waals surface area contributed by atoms with Crippen molar-refractivity contribution in [1.82, 2.24) is 4.90 Å². The van der Waals surface area contributed by atoms with Crippen molar-refractivity contribution in [3.05, 3.63) is 92.9 Å².